The molecule has 0 saturated heterocycles. The Morgan fingerprint density at radius 2 is 1.67 bits per heavy atom. The maximum absolute atomic E-state index is 13.1. The summed E-state index contributed by atoms with van der Waals surface area (Å²) in [5.74, 6) is 0.491. The van der Waals surface area contributed by atoms with Gasteiger partial charge >= 0.3 is 0 Å². The zero-order chi connectivity index (χ0) is 22.3. The Bertz CT molecular complexity index is 869. The van der Waals surface area contributed by atoms with Crippen molar-refractivity contribution in [3.8, 4) is 0 Å². The van der Waals surface area contributed by atoms with E-state index in [1.54, 1.807) is 30.0 Å². The fourth-order valence-electron chi connectivity index (χ4n) is 2.95. The first kappa shape index (κ1) is 24.6. The summed E-state index contributed by atoms with van der Waals surface area (Å²) < 4.78 is 0. The minimum absolute atomic E-state index is 0.00658. The predicted octanol–water partition coefficient (Wildman–Crippen LogP) is 5.48. The maximum atomic E-state index is 13.1. The molecule has 0 heterocycles. The standard InChI is InChI=1S/C23H28Cl2N2O2S/c1-15(2)26-23(29)17(4)27(12-18-9-6-5-8-16(18)3)22(28)14-30-13-19-20(24)10-7-11-21(19)25/h5-11,15,17H,12-14H2,1-4H3,(H,26,29). The van der Waals surface area contributed by atoms with Crippen molar-refractivity contribution in [1.82, 2.24) is 10.2 Å². The molecule has 7 heteroatoms. The zero-order valence-electron chi connectivity index (χ0n) is 17.7. The number of thioether (sulfide) groups is 1. The Morgan fingerprint density at radius 1 is 1.03 bits per heavy atom. The van der Waals surface area contributed by atoms with Crippen molar-refractivity contribution in [1.29, 1.82) is 0 Å². The van der Waals surface area contributed by atoms with Gasteiger partial charge in [-0.25, -0.2) is 0 Å². The third-order valence-corrected chi connectivity index (χ3v) is 6.39. The number of halogens is 2. The van der Waals surface area contributed by atoms with Gasteiger partial charge < -0.3 is 10.2 Å². The third kappa shape index (κ3) is 6.93. The van der Waals surface area contributed by atoms with Crippen LogP contribution in [-0.4, -0.2) is 34.6 Å². The number of hydrogen-bond donors (Lipinski definition) is 1. The molecule has 0 aliphatic heterocycles. The minimum Gasteiger partial charge on any atom is -0.352 e. The van der Waals surface area contributed by atoms with Crippen LogP contribution in [0.1, 0.15) is 37.5 Å². The lowest BCUT2D eigenvalue weighted by Crippen LogP contribution is -2.49. The van der Waals surface area contributed by atoms with E-state index in [2.05, 4.69) is 5.32 Å². The summed E-state index contributed by atoms with van der Waals surface area (Å²) in [6, 6.07) is 12.7. The highest BCUT2D eigenvalue weighted by Crippen LogP contribution is 2.28. The van der Waals surface area contributed by atoms with E-state index in [0.29, 0.717) is 22.3 Å². The second-order valence-corrected chi connectivity index (χ2v) is 9.28. The van der Waals surface area contributed by atoms with Crippen molar-refractivity contribution in [3.63, 3.8) is 0 Å². The van der Waals surface area contributed by atoms with E-state index < -0.39 is 6.04 Å². The fourth-order valence-corrected chi connectivity index (χ4v) is 4.60. The molecule has 162 valence electrons. The quantitative estimate of drug-likeness (QED) is 0.532. The fraction of sp³-hybridized carbons (Fsp3) is 0.391. The average Bonchev–Trinajstić information content (AvgIpc) is 2.68. The molecule has 0 saturated carbocycles. The van der Waals surface area contributed by atoms with Gasteiger partial charge in [-0.05, 0) is 56.5 Å². The number of aryl methyl sites for hydroxylation is 1. The molecule has 4 nitrogen and oxygen atoms in total. The summed E-state index contributed by atoms with van der Waals surface area (Å²) >= 11 is 13.9. The van der Waals surface area contributed by atoms with Crippen molar-refractivity contribution in [2.24, 2.45) is 0 Å². The molecule has 0 aromatic heterocycles. The van der Waals surface area contributed by atoms with Crippen molar-refractivity contribution < 1.29 is 9.59 Å². The van der Waals surface area contributed by atoms with E-state index in [1.165, 1.54) is 11.8 Å². The van der Waals surface area contributed by atoms with Crippen LogP contribution in [0.2, 0.25) is 10.0 Å². The molecule has 0 aliphatic carbocycles. The van der Waals surface area contributed by atoms with Crippen molar-refractivity contribution >= 4 is 46.8 Å². The second kappa shape index (κ2) is 11.6. The van der Waals surface area contributed by atoms with Crippen molar-refractivity contribution in [3.05, 3.63) is 69.2 Å². The molecule has 2 aromatic carbocycles. The van der Waals surface area contributed by atoms with E-state index >= 15 is 0 Å². The summed E-state index contributed by atoms with van der Waals surface area (Å²) in [5, 5.41) is 4.07. The van der Waals surface area contributed by atoms with Crippen LogP contribution in [0, 0.1) is 6.92 Å². The molecule has 2 aromatic rings. The monoisotopic (exact) mass is 466 g/mol. The summed E-state index contributed by atoms with van der Waals surface area (Å²) in [5.41, 5.74) is 2.92. The van der Waals surface area contributed by atoms with Crippen LogP contribution in [0.15, 0.2) is 42.5 Å². The Hall–Kier alpha value is -1.69. The summed E-state index contributed by atoms with van der Waals surface area (Å²) in [4.78, 5) is 27.4. The maximum Gasteiger partial charge on any atom is 0.242 e. The molecular weight excluding hydrogens is 439 g/mol. The van der Waals surface area contributed by atoms with Gasteiger partial charge in [0, 0.05) is 28.4 Å². The zero-order valence-corrected chi connectivity index (χ0v) is 20.1. The van der Waals surface area contributed by atoms with Crippen LogP contribution < -0.4 is 5.32 Å². The lowest BCUT2D eigenvalue weighted by Gasteiger charge is -2.30. The van der Waals surface area contributed by atoms with Gasteiger partial charge in [0.05, 0.1) is 5.75 Å². The smallest absolute Gasteiger partial charge is 0.242 e. The highest BCUT2D eigenvalue weighted by atomic mass is 35.5. The summed E-state index contributed by atoms with van der Waals surface area (Å²) in [7, 11) is 0. The number of carbonyl (C=O) groups is 2. The molecule has 0 aliphatic rings. The first-order valence-electron chi connectivity index (χ1n) is 9.85. The van der Waals surface area contributed by atoms with Gasteiger partial charge in [0.1, 0.15) is 6.04 Å². The van der Waals surface area contributed by atoms with Gasteiger partial charge in [0.25, 0.3) is 0 Å². The van der Waals surface area contributed by atoms with Crippen LogP contribution in [0.3, 0.4) is 0 Å². The first-order valence-corrected chi connectivity index (χ1v) is 11.8. The molecule has 0 fully saturated rings. The predicted molar refractivity (Wildman–Crippen MR) is 127 cm³/mol. The Balaban J connectivity index is 2.13. The third-order valence-electron chi connectivity index (χ3n) is 4.73. The largest absolute Gasteiger partial charge is 0.352 e. The van der Waals surface area contributed by atoms with Crippen LogP contribution in [0.5, 0.6) is 0 Å². The van der Waals surface area contributed by atoms with Gasteiger partial charge in [0.15, 0.2) is 0 Å². The molecule has 1 unspecified atom stereocenters. The number of benzene rings is 2. The minimum atomic E-state index is -0.580. The molecule has 0 bridgehead atoms. The van der Waals surface area contributed by atoms with Crippen LogP contribution in [-0.2, 0) is 21.9 Å². The molecular formula is C23H28Cl2N2O2S. The van der Waals surface area contributed by atoms with Gasteiger partial charge in [0.2, 0.25) is 11.8 Å². The summed E-state index contributed by atoms with van der Waals surface area (Å²) in [6.45, 7) is 7.96. The van der Waals surface area contributed by atoms with Gasteiger partial charge in [-0.1, -0.05) is 53.5 Å². The van der Waals surface area contributed by atoms with Crippen molar-refractivity contribution in [2.45, 2.75) is 52.1 Å². The second-order valence-electron chi connectivity index (χ2n) is 7.48. The average molecular weight is 467 g/mol. The molecule has 0 radical (unpaired) electrons. The number of amides is 2. The molecule has 0 spiro atoms. The highest BCUT2D eigenvalue weighted by Gasteiger charge is 2.26. The van der Waals surface area contributed by atoms with E-state index in [4.69, 9.17) is 23.2 Å². The highest BCUT2D eigenvalue weighted by molar-refractivity contribution is 7.99. The Labute approximate surface area is 193 Å². The van der Waals surface area contributed by atoms with Crippen LogP contribution in [0.25, 0.3) is 0 Å². The number of hydrogen-bond acceptors (Lipinski definition) is 3. The first-order chi connectivity index (χ1) is 14.2. The van der Waals surface area contributed by atoms with E-state index in [-0.39, 0.29) is 23.6 Å². The van der Waals surface area contributed by atoms with Gasteiger partial charge in [-0.15, -0.1) is 11.8 Å². The number of nitrogens with one attached hydrogen (secondary N) is 1. The molecule has 30 heavy (non-hydrogen) atoms. The lowest BCUT2D eigenvalue weighted by molar-refractivity contribution is -0.138. The summed E-state index contributed by atoms with van der Waals surface area (Å²) in [6.07, 6.45) is 0. The number of carbonyl (C=O) groups excluding carboxylic acids is 2. The molecule has 2 rings (SSSR count). The van der Waals surface area contributed by atoms with Gasteiger partial charge in [-0.3, -0.25) is 9.59 Å². The number of rotatable bonds is 9. The van der Waals surface area contributed by atoms with Crippen molar-refractivity contribution in [2.75, 3.05) is 5.75 Å². The Kier molecular flexibility index (Phi) is 9.53. The molecule has 1 atom stereocenters. The topological polar surface area (TPSA) is 49.4 Å². The van der Waals surface area contributed by atoms with E-state index in [1.807, 2.05) is 45.0 Å². The van der Waals surface area contributed by atoms with E-state index in [9.17, 15) is 9.59 Å². The van der Waals surface area contributed by atoms with Crippen LogP contribution in [0.4, 0.5) is 0 Å². The molecule has 2 amide bonds. The lowest BCUT2D eigenvalue weighted by atomic mass is 10.1. The normalized spacial score (nSPS) is 12.0. The van der Waals surface area contributed by atoms with Gasteiger partial charge in [-0.2, -0.15) is 0 Å². The van der Waals surface area contributed by atoms with Crippen LogP contribution >= 0.6 is 35.0 Å². The Morgan fingerprint density at radius 3 is 2.27 bits per heavy atom. The van der Waals surface area contributed by atoms with E-state index in [0.717, 1.165) is 16.7 Å². The SMILES string of the molecule is Cc1ccccc1CN(C(=O)CSCc1c(Cl)cccc1Cl)C(C)C(=O)NC(C)C. The molecule has 1 N–H and O–H groups in total. The number of nitrogens with zero attached hydrogens (tertiary/aromatic N) is 1.